The summed E-state index contributed by atoms with van der Waals surface area (Å²) in [5.41, 5.74) is 0. The molecule has 0 aromatic carbocycles. The SMILES string of the molecule is CCCCCCCCOP(=O)([O-])CC. The highest BCUT2D eigenvalue weighted by atomic mass is 31.2. The fraction of sp³-hybridized carbons (Fsp3) is 1.00. The molecule has 14 heavy (non-hydrogen) atoms. The molecule has 0 aliphatic carbocycles. The standard InChI is InChI=1S/C10H23O3P/c1-3-5-6-7-8-9-10-13-14(11,12)4-2/h3-10H2,1-2H3,(H,11,12)/p-1. The van der Waals surface area contributed by atoms with Crippen LogP contribution in [0.25, 0.3) is 0 Å². The minimum Gasteiger partial charge on any atom is -0.779 e. The summed E-state index contributed by atoms with van der Waals surface area (Å²) >= 11 is 0. The van der Waals surface area contributed by atoms with Crippen molar-refractivity contribution in [2.75, 3.05) is 12.8 Å². The molecule has 1 atom stereocenters. The van der Waals surface area contributed by atoms with Crippen LogP contribution in [-0.4, -0.2) is 12.8 Å². The topological polar surface area (TPSA) is 49.4 Å². The third-order valence-corrected chi connectivity index (χ3v) is 3.52. The van der Waals surface area contributed by atoms with Crippen molar-refractivity contribution in [3.05, 3.63) is 0 Å². The molecule has 0 fully saturated rings. The molecule has 0 rings (SSSR count). The van der Waals surface area contributed by atoms with Gasteiger partial charge in [-0.05, 0) is 6.42 Å². The molecule has 0 radical (unpaired) electrons. The Labute approximate surface area is 87.4 Å². The third kappa shape index (κ3) is 8.74. The van der Waals surface area contributed by atoms with E-state index in [0.717, 1.165) is 12.8 Å². The van der Waals surface area contributed by atoms with E-state index in [-0.39, 0.29) is 6.16 Å². The zero-order valence-electron chi connectivity index (χ0n) is 9.33. The molecule has 0 saturated heterocycles. The van der Waals surface area contributed by atoms with Crippen molar-refractivity contribution in [3.8, 4) is 0 Å². The minimum atomic E-state index is -3.48. The molecular formula is C10H22O3P-. The Hall–Kier alpha value is 0.150. The van der Waals surface area contributed by atoms with E-state index in [1.165, 1.54) is 25.7 Å². The predicted octanol–water partition coefficient (Wildman–Crippen LogP) is 2.94. The van der Waals surface area contributed by atoms with E-state index in [0.29, 0.717) is 6.61 Å². The van der Waals surface area contributed by atoms with Gasteiger partial charge in [0.25, 0.3) is 0 Å². The summed E-state index contributed by atoms with van der Waals surface area (Å²) in [5, 5.41) is 0. The quantitative estimate of drug-likeness (QED) is 0.444. The average molecular weight is 221 g/mol. The van der Waals surface area contributed by atoms with Gasteiger partial charge in [-0.2, -0.15) is 0 Å². The summed E-state index contributed by atoms with van der Waals surface area (Å²) in [6.07, 6.45) is 6.98. The van der Waals surface area contributed by atoms with Crippen LogP contribution in [0.2, 0.25) is 0 Å². The Balaban J connectivity index is 3.17. The molecule has 0 saturated carbocycles. The van der Waals surface area contributed by atoms with Gasteiger partial charge < -0.3 is 14.0 Å². The van der Waals surface area contributed by atoms with Gasteiger partial charge in [0, 0.05) is 6.16 Å². The highest BCUT2D eigenvalue weighted by Gasteiger charge is 2.03. The summed E-state index contributed by atoms with van der Waals surface area (Å²) in [5.74, 6) is 0. The highest BCUT2D eigenvalue weighted by molar-refractivity contribution is 7.51. The van der Waals surface area contributed by atoms with E-state index in [4.69, 9.17) is 4.52 Å². The maximum absolute atomic E-state index is 10.9. The molecule has 0 aromatic heterocycles. The lowest BCUT2D eigenvalue weighted by molar-refractivity contribution is -0.198. The van der Waals surface area contributed by atoms with E-state index in [1.807, 2.05) is 0 Å². The molecule has 4 heteroatoms. The summed E-state index contributed by atoms with van der Waals surface area (Å²) in [7, 11) is -3.48. The summed E-state index contributed by atoms with van der Waals surface area (Å²) in [6, 6.07) is 0. The Morgan fingerprint density at radius 2 is 1.64 bits per heavy atom. The fourth-order valence-corrected chi connectivity index (χ4v) is 1.77. The van der Waals surface area contributed by atoms with Crippen molar-refractivity contribution >= 4 is 7.60 Å². The van der Waals surface area contributed by atoms with Gasteiger partial charge in [0.2, 0.25) is 0 Å². The monoisotopic (exact) mass is 221 g/mol. The number of hydrogen-bond donors (Lipinski definition) is 0. The average Bonchev–Trinajstić information content (AvgIpc) is 2.16. The fourth-order valence-electron chi connectivity index (χ4n) is 1.18. The second-order valence-electron chi connectivity index (χ2n) is 3.53. The van der Waals surface area contributed by atoms with Gasteiger partial charge in [-0.1, -0.05) is 46.0 Å². The van der Waals surface area contributed by atoms with Gasteiger partial charge in [-0.3, -0.25) is 0 Å². The first-order valence-corrected chi connectivity index (χ1v) is 7.29. The van der Waals surface area contributed by atoms with Gasteiger partial charge in [-0.15, -0.1) is 0 Å². The van der Waals surface area contributed by atoms with Crippen LogP contribution in [0.4, 0.5) is 0 Å². The van der Waals surface area contributed by atoms with Crippen molar-refractivity contribution in [3.63, 3.8) is 0 Å². The summed E-state index contributed by atoms with van der Waals surface area (Å²) < 4.78 is 15.7. The second kappa shape index (κ2) is 8.46. The molecule has 1 unspecified atom stereocenters. The van der Waals surface area contributed by atoms with Gasteiger partial charge in [0.15, 0.2) is 0 Å². The Bertz CT molecular complexity index is 171. The van der Waals surface area contributed by atoms with Gasteiger partial charge in [0.05, 0.1) is 6.61 Å². The predicted molar refractivity (Wildman–Crippen MR) is 57.5 cm³/mol. The molecular weight excluding hydrogens is 199 g/mol. The second-order valence-corrected chi connectivity index (χ2v) is 5.64. The van der Waals surface area contributed by atoms with Gasteiger partial charge in [-0.25, -0.2) is 0 Å². The van der Waals surface area contributed by atoms with Gasteiger partial charge >= 0.3 is 0 Å². The van der Waals surface area contributed by atoms with Crippen LogP contribution in [0.3, 0.4) is 0 Å². The molecule has 86 valence electrons. The highest BCUT2D eigenvalue weighted by Crippen LogP contribution is 2.35. The Kier molecular flexibility index (Phi) is 8.55. The maximum Gasteiger partial charge on any atom is 0.134 e. The molecule has 0 aliphatic heterocycles. The van der Waals surface area contributed by atoms with E-state index >= 15 is 0 Å². The zero-order chi connectivity index (χ0) is 10.9. The first-order valence-electron chi connectivity index (χ1n) is 5.57. The largest absolute Gasteiger partial charge is 0.779 e. The van der Waals surface area contributed by atoms with Crippen LogP contribution < -0.4 is 4.89 Å². The van der Waals surface area contributed by atoms with Crippen LogP contribution in [0.5, 0.6) is 0 Å². The normalized spacial score (nSPS) is 15.4. The first-order chi connectivity index (χ1) is 6.62. The zero-order valence-corrected chi connectivity index (χ0v) is 10.2. The Morgan fingerprint density at radius 1 is 1.07 bits per heavy atom. The molecule has 0 N–H and O–H groups in total. The third-order valence-electron chi connectivity index (χ3n) is 2.17. The molecule has 0 aliphatic rings. The van der Waals surface area contributed by atoms with Gasteiger partial charge in [0.1, 0.15) is 7.60 Å². The number of rotatable bonds is 9. The molecule has 0 heterocycles. The van der Waals surface area contributed by atoms with Crippen molar-refractivity contribution < 1.29 is 14.0 Å². The van der Waals surface area contributed by atoms with Crippen LogP contribution in [0.15, 0.2) is 0 Å². The van der Waals surface area contributed by atoms with E-state index in [2.05, 4.69) is 6.92 Å². The molecule has 0 aromatic rings. The smallest absolute Gasteiger partial charge is 0.134 e. The molecule has 3 nitrogen and oxygen atoms in total. The lowest BCUT2D eigenvalue weighted by Gasteiger charge is -2.21. The lowest BCUT2D eigenvalue weighted by atomic mass is 10.1. The van der Waals surface area contributed by atoms with E-state index < -0.39 is 7.60 Å². The number of unbranched alkanes of at least 4 members (excludes halogenated alkanes) is 5. The van der Waals surface area contributed by atoms with Crippen molar-refractivity contribution in [2.24, 2.45) is 0 Å². The summed E-state index contributed by atoms with van der Waals surface area (Å²) in [4.78, 5) is 10.9. The maximum atomic E-state index is 10.9. The van der Waals surface area contributed by atoms with Crippen molar-refractivity contribution in [2.45, 2.75) is 52.4 Å². The van der Waals surface area contributed by atoms with Crippen molar-refractivity contribution in [1.29, 1.82) is 0 Å². The van der Waals surface area contributed by atoms with Crippen LogP contribution in [0.1, 0.15) is 52.4 Å². The van der Waals surface area contributed by atoms with Crippen LogP contribution >= 0.6 is 7.60 Å². The lowest BCUT2D eigenvalue weighted by Crippen LogP contribution is -2.07. The minimum absolute atomic E-state index is 0.100. The van der Waals surface area contributed by atoms with Crippen LogP contribution in [-0.2, 0) is 9.09 Å². The molecule has 0 amide bonds. The Morgan fingerprint density at radius 3 is 2.21 bits per heavy atom. The van der Waals surface area contributed by atoms with Crippen molar-refractivity contribution in [1.82, 2.24) is 0 Å². The summed E-state index contributed by atoms with van der Waals surface area (Å²) in [6.45, 7) is 4.15. The van der Waals surface area contributed by atoms with E-state index in [1.54, 1.807) is 6.92 Å². The van der Waals surface area contributed by atoms with E-state index in [9.17, 15) is 9.46 Å². The van der Waals surface area contributed by atoms with Crippen LogP contribution in [0, 0.1) is 0 Å². The molecule has 0 bridgehead atoms. The number of hydrogen-bond acceptors (Lipinski definition) is 3. The first kappa shape index (κ1) is 14.2. The molecule has 0 spiro atoms.